The van der Waals surface area contributed by atoms with Crippen LogP contribution in [0.25, 0.3) is 17.2 Å². The highest BCUT2D eigenvalue weighted by atomic mass is 32.2. The van der Waals surface area contributed by atoms with Gasteiger partial charge in [-0.15, -0.1) is 0 Å². The zero-order valence-corrected chi connectivity index (χ0v) is 18.0. The molecule has 0 spiro atoms. The molecule has 0 saturated heterocycles. The number of nitrogens with one attached hydrogen (secondary N) is 1. The van der Waals surface area contributed by atoms with E-state index in [4.69, 9.17) is 5.11 Å². The van der Waals surface area contributed by atoms with Gasteiger partial charge in [-0.25, -0.2) is 4.39 Å². The summed E-state index contributed by atoms with van der Waals surface area (Å²) in [4.78, 5) is 13.2. The highest BCUT2D eigenvalue weighted by Crippen LogP contribution is 2.43. The van der Waals surface area contributed by atoms with Crippen LogP contribution in [0.3, 0.4) is 0 Å². The Labute approximate surface area is 179 Å². The molecule has 0 aromatic heterocycles. The summed E-state index contributed by atoms with van der Waals surface area (Å²) < 4.78 is 25.6. The second-order valence-corrected chi connectivity index (χ2v) is 8.71. The van der Waals surface area contributed by atoms with Crippen molar-refractivity contribution in [3.63, 3.8) is 0 Å². The third kappa shape index (κ3) is 5.19. The van der Waals surface area contributed by atoms with Crippen LogP contribution >= 0.6 is 0 Å². The van der Waals surface area contributed by atoms with Crippen LogP contribution < -0.4 is 5.32 Å². The maximum absolute atomic E-state index is 14.0. The number of rotatable bonds is 8. The van der Waals surface area contributed by atoms with Crippen molar-refractivity contribution < 1.29 is 18.8 Å². The number of halogens is 1. The SMILES string of the molecule is CC1=C(CC(=O)NCCCCO)c2cc(F)ccc2/C1=C\c1ccc([S+](C)[O-])cc1. The molecule has 0 saturated carbocycles. The van der Waals surface area contributed by atoms with E-state index in [1.165, 1.54) is 12.1 Å². The van der Waals surface area contributed by atoms with Crippen molar-refractivity contribution >= 4 is 34.3 Å². The van der Waals surface area contributed by atoms with Crippen molar-refractivity contribution in [2.24, 2.45) is 0 Å². The van der Waals surface area contributed by atoms with Gasteiger partial charge in [0.25, 0.3) is 0 Å². The van der Waals surface area contributed by atoms with Crippen LogP contribution in [-0.4, -0.2) is 35.0 Å². The molecule has 0 radical (unpaired) electrons. The van der Waals surface area contributed by atoms with Gasteiger partial charge in [0.15, 0.2) is 4.90 Å². The molecule has 6 heteroatoms. The van der Waals surface area contributed by atoms with E-state index in [2.05, 4.69) is 5.32 Å². The Balaban J connectivity index is 1.89. The molecule has 30 heavy (non-hydrogen) atoms. The van der Waals surface area contributed by atoms with Crippen LogP contribution in [0.15, 0.2) is 52.9 Å². The summed E-state index contributed by atoms with van der Waals surface area (Å²) in [6, 6.07) is 12.2. The van der Waals surface area contributed by atoms with E-state index in [-0.39, 0.29) is 24.8 Å². The maximum atomic E-state index is 14.0. The van der Waals surface area contributed by atoms with Gasteiger partial charge < -0.3 is 15.0 Å². The lowest BCUT2D eigenvalue weighted by Gasteiger charge is -2.08. The summed E-state index contributed by atoms with van der Waals surface area (Å²) in [5, 5.41) is 11.7. The van der Waals surface area contributed by atoms with Crippen LogP contribution in [0.2, 0.25) is 0 Å². The number of aliphatic hydroxyl groups excluding tert-OH is 1. The molecule has 1 amide bonds. The molecular weight excluding hydrogens is 401 g/mol. The molecule has 1 aliphatic rings. The average Bonchev–Trinajstić information content (AvgIpc) is 2.97. The van der Waals surface area contributed by atoms with Gasteiger partial charge in [-0.3, -0.25) is 4.79 Å². The van der Waals surface area contributed by atoms with E-state index in [0.717, 1.165) is 44.7 Å². The highest BCUT2D eigenvalue weighted by molar-refractivity contribution is 7.90. The molecule has 0 fully saturated rings. The van der Waals surface area contributed by atoms with Gasteiger partial charge in [-0.1, -0.05) is 6.07 Å². The van der Waals surface area contributed by atoms with Crippen LogP contribution in [0, 0.1) is 5.82 Å². The van der Waals surface area contributed by atoms with E-state index >= 15 is 0 Å². The lowest BCUT2D eigenvalue weighted by molar-refractivity contribution is -0.120. The number of aliphatic hydroxyl groups is 1. The number of hydrogen-bond acceptors (Lipinski definition) is 3. The fourth-order valence-corrected chi connectivity index (χ4v) is 4.11. The number of amides is 1. The lowest BCUT2D eigenvalue weighted by atomic mass is 10.0. The van der Waals surface area contributed by atoms with Crippen LogP contribution in [0.1, 0.15) is 42.9 Å². The van der Waals surface area contributed by atoms with E-state index in [1.807, 2.05) is 37.3 Å². The van der Waals surface area contributed by atoms with Crippen LogP contribution in [-0.2, 0) is 16.0 Å². The van der Waals surface area contributed by atoms with E-state index < -0.39 is 11.2 Å². The fraction of sp³-hybridized carbons (Fsp3) is 0.292. The molecule has 0 aliphatic heterocycles. The summed E-state index contributed by atoms with van der Waals surface area (Å²) in [6.07, 6.45) is 5.19. The Morgan fingerprint density at radius 1 is 1.17 bits per heavy atom. The normalized spacial score (nSPS) is 15.4. The second-order valence-electron chi connectivity index (χ2n) is 7.33. The molecule has 4 nitrogen and oxygen atoms in total. The van der Waals surface area contributed by atoms with Crippen LogP contribution in [0.5, 0.6) is 0 Å². The van der Waals surface area contributed by atoms with Gasteiger partial charge in [0.05, 0.1) is 6.42 Å². The first kappa shape index (κ1) is 22.3. The molecule has 1 unspecified atom stereocenters. The highest BCUT2D eigenvalue weighted by Gasteiger charge is 2.25. The first-order valence-corrected chi connectivity index (χ1v) is 11.5. The zero-order chi connectivity index (χ0) is 21.7. The van der Waals surface area contributed by atoms with Gasteiger partial charge in [-0.2, -0.15) is 0 Å². The van der Waals surface area contributed by atoms with E-state index in [0.29, 0.717) is 13.0 Å². The predicted octanol–water partition coefficient (Wildman–Crippen LogP) is 4.17. The Bertz CT molecular complexity index is 980. The molecule has 2 N–H and O–H groups in total. The Hall–Kier alpha value is -2.41. The fourth-order valence-electron chi connectivity index (χ4n) is 3.59. The number of hydrogen-bond donors (Lipinski definition) is 2. The summed E-state index contributed by atoms with van der Waals surface area (Å²) in [6.45, 7) is 2.57. The van der Waals surface area contributed by atoms with Crippen molar-refractivity contribution in [3.8, 4) is 0 Å². The molecule has 0 bridgehead atoms. The minimum absolute atomic E-state index is 0.107. The molecule has 2 aromatic rings. The third-order valence-electron chi connectivity index (χ3n) is 5.22. The molecule has 2 aromatic carbocycles. The number of carbonyl (C=O) groups is 1. The van der Waals surface area contributed by atoms with Crippen molar-refractivity contribution in [1.29, 1.82) is 0 Å². The molecular formula is C24H26FNO3S. The monoisotopic (exact) mass is 427 g/mol. The Kier molecular flexibility index (Phi) is 7.48. The van der Waals surface area contributed by atoms with Gasteiger partial charge in [0.1, 0.15) is 12.1 Å². The summed E-state index contributed by atoms with van der Waals surface area (Å²) >= 11 is -1.03. The van der Waals surface area contributed by atoms with Gasteiger partial charge in [0.2, 0.25) is 5.91 Å². The van der Waals surface area contributed by atoms with E-state index in [1.54, 1.807) is 12.3 Å². The Morgan fingerprint density at radius 2 is 1.90 bits per heavy atom. The number of unbranched alkanes of at least 4 members (excludes halogenated alkanes) is 1. The van der Waals surface area contributed by atoms with Crippen LogP contribution in [0.4, 0.5) is 4.39 Å². The maximum Gasteiger partial charge on any atom is 0.224 e. The van der Waals surface area contributed by atoms with E-state index in [9.17, 15) is 13.7 Å². The predicted molar refractivity (Wildman–Crippen MR) is 120 cm³/mol. The Morgan fingerprint density at radius 3 is 2.57 bits per heavy atom. The minimum Gasteiger partial charge on any atom is -0.612 e. The lowest BCUT2D eigenvalue weighted by Crippen LogP contribution is -2.24. The third-order valence-corrected chi connectivity index (χ3v) is 6.16. The largest absolute Gasteiger partial charge is 0.612 e. The number of allylic oxidation sites excluding steroid dienone is 2. The molecule has 158 valence electrons. The van der Waals surface area contributed by atoms with Crippen molar-refractivity contribution in [1.82, 2.24) is 5.32 Å². The first-order valence-electron chi connectivity index (χ1n) is 9.94. The number of benzene rings is 2. The van der Waals surface area contributed by atoms with Crippen molar-refractivity contribution in [2.75, 3.05) is 19.4 Å². The summed E-state index contributed by atoms with van der Waals surface area (Å²) in [5.74, 6) is -0.452. The average molecular weight is 428 g/mol. The molecule has 1 atom stereocenters. The second kappa shape index (κ2) is 10.1. The summed E-state index contributed by atoms with van der Waals surface area (Å²) in [7, 11) is 0. The topological polar surface area (TPSA) is 72.4 Å². The zero-order valence-electron chi connectivity index (χ0n) is 17.2. The molecule has 1 aliphatic carbocycles. The first-order chi connectivity index (χ1) is 14.4. The minimum atomic E-state index is -1.03. The van der Waals surface area contributed by atoms with Gasteiger partial charge >= 0.3 is 0 Å². The smallest absolute Gasteiger partial charge is 0.224 e. The van der Waals surface area contributed by atoms with Gasteiger partial charge in [-0.05, 0) is 107 Å². The number of carbonyl (C=O) groups excluding carboxylic acids is 1. The number of fused-ring (bicyclic) bond motifs is 1. The van der Waals surface area contributed by atoms with Gasteiger partial charge in [0, 0.05) is 13.2 Å². The quantitative estimate of drug-likeness (QED) is 0.491. The summed E-state index contributed by atoms with van der Waals surface area (Å²) in [5.41, 5.74) is 5.32. The van der Waals surface area contributed by atoms with Crippen molar-refractivity contribution in [3.05, 3.63) is 70.5 Å². The molecule has 3 rings (SSSR count). The van der Waals surface area contributed by atoms with Crippen molar-refractivity contribution in [2.45, 2.75) is 31.1 Å². The molecule has 0 heterocycles. The standard InChI is InChI=1S/C24H26FNO3S/c1-16-21(13-17-5-8-19(9-6-17)30(2)29)20-10-7-18(25)14-23(20)22(16)15-24(28)26-11-3-4-12-27/h5-10,13-14,27H,3-4,11-12,15H2,1-2H3,(H,26,28)/b21-13-.